The number of carbonyl (C=O) groups excluding carboxylic acids is 1. The van der Waals surface area contributed by atoms with Gasteiger partial charge in [0.2, 0.25) is 11.7 Å². The van der Waals surface area contributed by atoms with Gasteiger partial charge in [-0.2, -0.15) is 4.39 Å². The van der Waals surface area contributed by atoms with E-state index in [1.165, 1.54) is 6.07 Å². The van der Waals surface area contributed by atoms with Gasteiger partial charge in [-0.25, -0.2) is 0 Å². The number of allylic oxidation sites excluding steroid dienone is 2. The van der Waals surface area contributed by atoms with Gasteiger partial charge >= 0.3 is 11.7 Å². The summed E-state index contributed by atoms with van der Waals surface area (Å²) in [6, 6.07) is 3.02. The fraction of sp³-hybridized carbons (Fsp3) is 0.333. The van der Waals surface area contributed by atoms with Crippen molar-refractivity contribution in [3.63, 3.8) is 0 Å². The minimum Gasteiger partial charge on any atom is -0.481 e. The maximum absolute atomic E-state index is 13.3. The van der Waals surface area contributed by atoms with Gasteiger partial charge in [-0.15, -0.1) is 0 Å². The van der Waals surface area contributed by atoms with Crippen molar-refractivity contribution in [2.45, 2.75) is 6.42 Å². The molecule has 0 heterocycles. The van der Waals surface area contributed by atoms with Gasteiger partial charge in [-0.05, 0) is 30.4 Å². The molecule has 0 unspecified atom stereocenters. The average Bonchev–Trinajstić information content (AvgIpc) is 3.09. The number of hydrogen-bond acceptors (Lipinski definition) is 4. The van der Waals surface area contributed by atoms with E-state index in [-0.39, 0.29) is 17.5 Å². The summed E-state index contributed by atoms with van der Waals surface area (Å²) in [7, 11) is 0. The Labute approximate surface area is 130 Å². The summed E-state index contributed by atoms with van der Waals surface area (Å²) in [5, 5.41) is 22.5. The van der Waals surface area contributed by atoms with Crippen LogP contribution in [0.3, 0.4) is 0 Å². The molecule has 1 saturated carbocycles. The summed E-state index contributed by atoms with van der Waals surface area (Å²) in [4.78, 5) is 33.7. The fourth-order valence-corrected chi connectivity index (χ4v) is 3.47. The van der Waals surface area contributed by atoms with Gasteiger partial charge in [-0.1, -0.05) is 12.2 Å². The lowest BCUT2D eigenvalue weighted by atomic mass is 9.82. The molecule has 120 valence electrons. The number of hydrogen-bond donors (Lipinski definition) is 2. The molecule has 0 spiro atoms. The highest BCUT2D eigenvalue weighted by atomic mass is 19.1. The molecule has 2 aliphatic rings. The first-order valence-electron chi connectivity index (χ1n) is 7.04. The minimum atomic E-state index is -1.04. The predicted octanol–water partition coefficient (Wildman–Crippen LogP) is 2.20. The van der Waals surface area contributed by atoms with E-state index in [0.29, 0.717) is 6.42 Å². The number of nitro benzene ring substituents is 1. The number of amides is 1. The molecule has 2 N–H and O–H groups in total. The molecule has 1 aromatic carbocycles. The lowest BCUT2D eigenvalue weighted by Gasteiger charge is -2.23. The number of carboxylic acids is 1. The minimum absolute atomic E-state index is 0.0685. The van der Waals surface area contributed by atoms with Crippen LogP contribution in [0.1, 0.15) is 6.42 Å². The van der Waals surface area contributed by atoms with Crippen LogP contribution in [0.5, 0.6) is 0 Å². The van der Waals surface area contributed by atoms with E-state index in [2.05, 4.69) is 5.32 Å². The Morgan fingerprint density at radius 2 is 1.91 bits per heavy atom. The Morgan fingerprint density at radius 3 is 2.52 bits per heavy atom. The van der Waals surface area contributed by atoms with E-state index in [1.54, 1.807) is 0 Å². The molecule has 7 nitrogen and oxygen atoms in total. The zero-order valence-corrected chi connectivity index (χ0v) is 11.8. The summed E-state index contributed by atoms with van der Waals surface area (Å²) >= 11 is 0. The van der Waals surface area contributed by atoms with Crippen LogP contribution in [-0.4, -0.2) is 21.9 Å². The zero-order chi connectivity index (χ0) is 16.7. The van der Waals surface area contributed by atoms with Crippen LogP contribution in [0.4, 0.5) is 15.8 Å². The Morgan fingerprint density at radius 1 is 1.26 bits per heavy atom. The molecule has 0 aromatic heterocycles. The van der Waals surface area contributed by atoms with Gasteiger partial charge in [0.25, 0.3) is 0 Å². The van der Waals surface area contributed by atoms with E-state index in [9.17, 15) is 29.2 Å². The van der Waals surface area contributed by atoms with Crippen LogP contribution in [0.25, 0.3) is 0 Å². The number of anilines is 1. The van der Waals surface area contributed by atoms with E-state index < -0.39 is 40.1 Å². The van der Waals surface area contributed by atoms with Gasteiger partial charge < -0.3 is 10.4 Å². The van der Waals surface area contributed by atoms with Crippen LogP contribution in [0.15, 0.2) is 30.4 Å². The van der Waals surface area contributed by atoms with Crippen LogP contribution in [0.2, 0.25) is 0 Å². The lowest BCUT2D eigenvalue weighted by molar-refractivity contribution is -0.387. The third-order valence-corrected chi connectivity index (χ3v) is 4.46. The van der Waals surface area contributed by atoms with Crippen molar-refractivity contribution in [2.24, 2.45) is 23.7 Å². The maximum Gasteiger partial charge on any atom is 0.307 e. The first kappa shape index (κ1) is 15.1. The molecule has 4 atom stereocenters. The molecular weight excluding hydrogens is 307 g/mol. The van der Waals surface area contributed by atoms with Crippen molar-refractivity contribution in [3.05, 3.63) is 46.3 Å². The summed E-state index contributed by atoms with van der Waals surface area (Å²) < 4.78 is 13.3. The Bertz CT molecular complexity index is 733. The first-order chi connectivity index (χ1) is 10.9. The number of halogens is 1. The monoisotopic (exact) mass is 320 g/mol. The van der Waals surface area contributed by atoms with Crippen LogP contribution >= 0.6 is 0 Å². The zero-order valence-electron chi connectivity index (χ0n) is 11.8. The number of nitro groups is 1. The standard InChI is InChI=1S/C15H13FN2O5/c16-10-4-3-9(6-11(10)18(22)23)17-14(19)12-7-1-2-8(5-7)13(12)15(20)21/h1-4,6-8,12-13H,5H2,(H,17,19)(H,20,21)/t7-,8-,12-,13+/m0/s1. The summed E-state index contributed by atoms with van der Waals surface area (Å²) in [5.41, 5.74) is -0.676. The highest BCUT2D eigenvalue weighted by Gasteiger charge is 2.51. The molecule has 0 radical (unpaired) electrons. The topological polar surface area (TPSA) is 110 Å². The summed E-state index contributed by atoms with van der Waals surface area (Å²) in [5.74, 6) is -4.42. The predicted molar refractivity (Wildman–Crippen MR) is 77.0 cm³/mol. The second-order valence-corrected chi connectivity index (χ2v) is 5.75. The number of benzene rings is 1. The second-order valence-electron chi connectivity index (χ2n) is 5.75. The van der Waals surface area contributed by atoms with Crippen molar-refractivity contribution >= 4 is 23.3 Å². The number of carbonyl (C=O) groups is 2. The molecule has 8 heteroatoms. The molecule has 2 bridgehead atoms. The number of fused-ring (bicyclic) bond motifs is 2. The number of nitrogens with zero attached hydrogens (tertiary/aromatic N) is 1. The van der Waals surface area contributed by atoms with Gasteiger partial charge in [0.15, 0.2) is 0 Å². The van der Waals surface area contributed by atoms with Crippen molar-refractivity contribution in [1.29, 1.82) is 0 Å². The van der Waals surface area contributed by atoms with Crippen molar-refractivity contribution < 1.29 is 24.0 Å². The SMILES string of the molecule is O=C(Nc1ccc(F)c([N+](=O)[O-])c1)[C@@H]1[C@H](C(=O)O)[C@H]2C=C[C@H]1C2. The lowest BCUT2D eigenvalue weighted by Crippen LogP contribution is -2.36. The average molecular weight is 320 g/mol. The van der Waals surface area contributed by atoms with Crippen LogP contribution in [-0.2, 0) is 9.59 Å². The molecule has 0 saturated heterocycles. The van der Waals surface area contributed by atoms with Gasteiger partial charge in [0.05, 0.1) is 16.8 Å². The van der Waals surface area contributed by atoms with E-state index >= 15 is 0 Å². The van der Waals surface area contributed by atoms with Crippen LogP contribution < -0.4 is 5.32 Å². The maximum atomic E-state index is 13.3. The highest BCUT2D eigenvalue weighted by molar-refractivity contribution is 5.96. The highest BCUT2D eigenvalue weighted by Crippen LogP contribution is 2.48. The van der Waals surface area contributed by atoms with Gasteiger partial charge in [0.1, 0.15) is 0 Å². The number of aliphatic carboxylic acids is 1. The fourth-order valence-electron chi connectivity index (χ4n) is 3.47. The normalized spacial score (nSPS) is 27.9. The summed E-state index contributed by atoms with van der Waals surface area (Å²) in [6.45, 7) is 0. The Balaban J connectivity index is 1.82. The molecule has 3 rings (SSSR count). The molecule has 1 fully saturated rings. The number of nitrogens with one attached hydrogen (secondary N) is 1. The van der Waals surface area contributed by atoms with Crippen LogP contribution in [0, 0.1) is 39.6 Å². The molecule has 23 heavy (non-hydrogen) atoms. The molecular formula is C15H13FN2O5. The second kappa shape index (κ2) is 5.45. The van der Waals surface area contributed by atoms with Crippen molar-refractivity contribution in [1.82, 2.24) is 0 Å². The third kappa shape index (κ3) is 2.56. The third-order valence-electron chi connectivity index (χ3n) is 4.46. The first-order valence-corrected chi connectivity index (χ1v) is 7.04. The molecule has 0 aliphatic heterocycles. The Hall–Kier alpha value is -2.77. The van der Waals surface area contributed by atoms with E-state index in [4.69, 9.17) is 0 Å². The number of rotatable bonds is 4. The summed E-state index contributed by atoms with van der Waals surface area (Å²) in [6.07, 6.45) is 4.26. The van der Waals surface area contributed by atoms with E-state index in [1.807, 2.05) is 12.2 Å². The van der Waals surface area contributed by atoms with Crippen molar-refractivity contribution in [2.75, 3.05) is 5.32 Å². The Kier molecular flexibility index (Phi) is 3.59. The number of carboxylic acid groups (broad SMARTS) is 1. The van der Waals surface area contributed by atoms with Gasteiger partial charge in [-0.3, -0.25) is 19.7 Å². The molecule has 2 aliphatic carbocycles. The molecule has 1 aromatic rings. The largest absolute Gasteiger partial charge is 0.481 e. The molecule has 1 amide bonds. The van der Waals surface area contributed by atoms with Crippen molar-refractivity contribution in [3.8, 4) is 0 Å². The van der Waals surface area contributed by atoms with E-state index in [0.717, 1.165) is 12.1 Å². The van der Waals surface area contributed by atoms with Gasteiger partial charge in [0, 0.05) is 11.8 Å². The quantitative estimate of drug-likeness (QED) is 0.502. The smallest absolute Gasteiger partial charge is 0.307 e.